The average molecular weight is 252 g/mol. The summed E-state index contributed by atoms with van der Waals surface area (Å²) in [6.07, 6.45) is 11.2. The zero-order chi connectivity index (χ0) is 13.1. The minimum absolute atomic E-state index is 0.444. The zero-order valence-corrected chi connectivity index (χ0v) is 12.6. The highest BCUT2D eigenvalue weighted by atomic mass is 15.0. The molecule has 2 saturated carbocycles. The van der Waals surface area contributed by atoms with Crippen LogP contribution in [-0.2, 0) is 0 Å². The molecule has 2 fully saturated rings. The van der Waals surface area contributed by atoms with Gasteiger partial charge in [0.1, 0.15) is 0 Å². The molecule has 0 atom stereocenters. The molecular formula is C16H32N2. The van der Waals surface area contributed by atoms with Crippen molar-refractivity contribution in [3.8, 4) is 0 Å². The summed E-state index contributed by atoms with van der Waals surface area (Å²) in [4.78, 5) is 0. The van der Waals surface area contributed by atoms with E-state index < -0.39 is 0 Å². The fraction of sp³-hybridized carbons (Fsp3) is 1.00. The summed E-state index contributed by atoms with van der Waals surface area (Å²) in [6, 6.07) is 0. The molecule has 106 valence electrons. The predicted octanol–water partition coefficient (Wildman–Crippen LogP) is 3.32. The average Bonchev–Trinajstić information content (AvgIpc) is 3.17. The molecule has 0 amide bonds. The normalized spacial score (nSPS) is 25.3. The summed E-state index contributed by atoms with van der Waals surface area (Å²) >= 11 is 0. The van der Waals surface area contributed by atoms with Crippen LogP contribution < -0.4 is 10.6 Å². The highest BCUT2D eigenvalue weighted by Crippen LogP contribution is 2.51. The predicted molar refractivity (Wildman–Crippen MR) is 78.9 cm³/mol. The van der Waals surface area contributed by atoms with Crippen LogP contribution in [0.15, 0.2) is 0 Å². The third-order valence-corrected chi connectivity index (χ3v) is 5.72. The molecule has 0 aromatic heterocycles. The number of hydrogen-bond donors (Lipinski definition) is 2. The van der Waals surface area contributed by atoms with E-state index in [1.807, 2.05) is 0 Å². The number of rotatable bonds is 7. The van der Waals surface area contributed by atoms with E-state index in [9.17, 15) is 0 Å². The van der Waals surface area contributed by atoms with Crippen LogP contribution in [0.3, 0.4) is 0 Å². The van der Waals surface area contributed by atoms with Gasteiger partial charge >= 0.3 is 0 Å². The lowest BCUT2D eigenvalue weighted by molar-refractivity contribution is 0.224. The lowest BCUT2D eigenvalue weighted by Crippen LogP contribution is -2.47. The maximum atomic E-state index is 3.74. The van der Waals surface area contributed by atoms with Crippen molar-refractivity contribution < 1.29 is 0 Å². The van der Waals surface area contributed by atoms with Gasteiger partial charge in [0.05, 0.1) is 0 Å². The Morgan fingerprint density at radius 1 is 1.00 bits per heavy atom. The van der Waals surface area contributed by atoms with Crippen LogP contribution in [0.2, 0.25) is 0 Å². The lowest BCUT2D eigenvalue weighted by atomic mass is 9.79. The van der Waals surface area contributed by atoms with Gasteiger partial charge in [-0.15, -0.1) is 0 Å². The molecule has 0 saturated heterocycles. The molecule has 18 heavy (non-hydrogen) atoms. The molecule has 0 unspecified atom stereocenters. The summed E-state index contributed by atoms with van der Waals surface area (Å²) in [6.45, 7) is 7.19. The molecule has 0 bridgehead atoms. The van der Waals surface area contributed by atoms with E-state index in [-0.39, 0.29) is 0 Å². The fourth-order valence-corrected chi connectivity index (χ4v) is 3.64. The lowest BCUT2D eigenvalue weighted by Gasteiger charge is -2.37. The fourth-order valence-electron chi connectivity index (χ4n) is 3.64. The van der Waals surface area contributed by atoms with E-state index in [0.29, 0.717) is 11.0 Å². The summed E-state index contributed by atoms with van der Waals surface area (Å²) in [5.41, 5.74) is 1.10. The Balaban J connectivity index is 1.68. The molecule has 2 N–H and O–H groups in total. The van der Waals surface area contributed by atoms with Gasteiger partial charge in [0, 0.05) is 12.1 Å². The summed E-state index contributed by atoms with van der Waals surface area (Å²) in [7, 11) is 2.15. The summed E-state index contributed by atoms with van der Waals surface area (Å²) < 4.78 is 0. The van der Waals surface area contributed by atoms with E-state index in [2.05, 4.69) is 31.5 Å². The Hall–Kier alpha value is -0.0800. The van der Waals surface area contributed by atoms with Gasteiger partial charge in [-0.25, -0.2) is 0 Å². The number of nitrogens with one attached hydrogen (secondary N) is 2. The van der Waals surface area contributed by atoms with E-state index in [1.165, 1.54) is 64.5 Å². The van der Waals surface area contributed by atoms with Gasteiger partial charge in [-0.3, -0.25) is 0 Å². The molecule has 2 nitrogen and oxygen atoms in total. The molecule has 2 rings (SSSR count). The SMILES string of the molecule is CNC1(CCNCC2(C(C)C)CC2)CCCCC1. The first-order chi connectivity index (χ1) is 8.63. The van der Waals surface area contributed by atoms with Crippen molar-refractivity contribution in [3.63, 3.8) is 0 Å². The number of hydrogen-bond acceptors (Lipinski definition) is 2. The van der Waals surface area contributed by atoms with Crippen LogP contribution in [0.25, 0.3) is 0 Å². The van der Waals surface area contributed by atoms with E-state index in [0.717, 1.165) is 5.92 Å². The standard InChI is InChI=1S/C16H32N2/c1-14(2)15(9-10-15)13-18-12-11-16(17-3)7-5-4-6-8-16/h14,17-18H,4-13H2,1-3H3. The van der Waals surface area contributed by atoms with Crippen molar-refractivity contribution >= 4 is 0 Å². The first kappa shape index (κ1) is 14.3. The quantitative estimate of drug-likeness (QED) is 0.679. The second-order valence-corrected chi connectivity index (χ2v) is 7.03. The van der Waals surface area contributed by atoms with Crippen LogP contribution >= 0.6 is 0 Å². The van der Waals surface area contributed by atoms with Gasteiger partial charge in [-0.1, -0.05) is 33.1 Å². The molecular weight excluding hydrogens is 220 g/mol. The first-order valence-electron chi connectivity index (χ1n) is 8.02. The zero-order valence-electron chi connectivity index (χ0n) is 12.6. The van der Waals surface area contributed by atoms with Crippen LogP contribution in [0.4, 0.5) is 0 Å². The summed E-state index contributed by atoms with van der Waals surface area (Å²) in [5, 5.41) is 7.35. The Labute approximate surface area is 113 Å². The van der Waals surface area contributed by atoms with Crippen molar-refractivity contribution in [1.82, 2.24) is 10.6 Å². The Morgan fingerprint density at radius 2 is 1.67 bits per heavy atom. The van der Waals surface area contributed by atoms with Gasteiger partial charge in [-0.2, -0.15) is 0 Å². The van der Waals surface area contributed by atoms with E-state index in [4.69, 9.17) is 0 Å². The molecule has 2 heteroatoms. The smallest absolute Gasteiger partial charge is 0.0190 e. The Morgan fingerprint density at radius 3 is 2.17 bits per heavy atom. The van der Waals surface area contributed by atoms with Gasteiger partial charge in [0.2, 0.25) is 0 Å². The van der Waals surface area contributed by atoms with Crippen molar-refractivity contribution in [1.29, 1.82) is 0 Å². The Bertz CT molecular complexity index is 250. The second-order valence-electron chi connectivity index (χ2n) is 7.03. The van der Waals surface area contributed by atoms with Gasteiger partial charge in [0.25, 0.3) is 0 Å². The molecule has 2 aliphatic carbocycles. The molecule has 0 aromatic carbocycles. The van der Waals surface area contributed by atoms with Crippen LogP contribution in [0, 0.1) is 11.3 Å². The third-order valence-electron chi connectivity index (χ3n) is 5.72. The first-order valence-corrected chi connectivity index (χ1v) is 8.02. The summed E-state index contributed by atoms with van der Waals surface area (Å²) in [5.74, 6) is 0.845. The topological polar surface area (TPSA) is 24.1 Å². The van der Waals surface area contributed by atoms with Crippen molar-refractivity contribution in [3.05, 3.63) is 0 Å². The molecule has 2 aliphatic rings. The second kappa shape index (κ2) is 5.92. The monoisotopic (exact) mass is 252 g/mol. The van der Waals surface area contributed by atoms with Crippen molar-refractivity contribution in [2.45, 2.75) is 70.8 Å². The third kappa shape index (κ3) is 3.27. The molecule has 0 aromatic rings. The highest BCUT2D eigenvalue weighted by Gasteiger charge is 2.44. The minimum Gasteiger partial charge on any atom is -0.316 e. The maximum absolute atomic E-state index is 3.74. The maximum Gasteiger partial charge on any atom is 0.0190 e. The van der Waals surface area contributed by atoms with Crippen LogP contribution in [0.5, 0.6) is 0 Å². The largest absolute Gasteiger partial charge is 0.316 e. The van der Waals surface area contributed by atoms with Crippen molar-refractivity contribution in [2.24, 2.45) is 11.3 Å². The van der Waals surface area contributed by atoms with Crippen LogP contribution in [0.1, 0.15) is 65.2 Å². The molecule has 0 aliphatic heterocycles. The van der Waals surface area contributed by atoms with Gasteiger partial charge in [0.15, 0.2) is 0 Å². The van der Waals surface area contributed by atoms with Gasteiger partial charge < -0.3 is 10.6 Å². The van der Waals surface area contributed by atoms with Crippen LogP contribution in [-0.4, -0.2) is 25.7 Å². The Kier molecular flexibility index (Phi) is 4.71. The highest BCUT2D eigenvalue weighted by molar-refractivity contribution is 4.97. The molecule has 0 spiro atoms. The molecule has 0 radical (unpaired) electrons. The van der Waals surface area contributed by atoms with E-state index in [1.54, 1.807) is 0 Å². The van der Waals surface area contributed by atoms with Gasteiger partial charge in [-0.05, 0) is 57.0 Å². The minimum atomic E-state index is 0.444. The van der Waals surface area contributed by atoms with E-state index >= 15 is 0 Å². The molecule has 0 heterocycles. The van der Waals surface area contributed by atoms with Crippen molar-refractivity contribution in [2.75, 3.05) is 20.1 Å².